The lowest BCUT2D eigenvalue weighted by Crippen LogP contribution is -2.41. The molecule has 1 heterocycles. The van der Waals surface area contributed by atoms with E-state index in [1.165, 1.54) is 6.20 Å². The maximum absolute atomic E-state index is 12.5. The Morgan fingerprint density at radius 2 is 1.75 bits per heavy atom. The van der Waals surface area contributed by atoms with E-state index >= 15 is 0 Å². The van der Waals surface area contributed by atoms with Gasteiger partial charge in [-0.1, -0.05) is 32.9 Å². The number of pyridine rings is 1. The third-order valence-corrected chi connectivity index (χ3v) is 4.15. The zero-order valence-electron chi connectivity index (χ0n) is 17.5. The van der Waals surface area contributed by atoms with Crippen molar-refractivity contribution in [2.24, 2.45) is 0 Å². The van der Waals surface area contributed by atoms with E-state index in [9.17, 15) is 9.59 Å². The first-order valence-corrected chi connectivity index (χ1v) is 9.33. The van der Waals surface area contributed by atoms with Gasteiger partial charge in [-0.25, -0.2) is 4.98 Å². The average molecular weight is 383 g/mol. The number of nitrogens with zero attached hydrogens (tertiary/aromatic N) is 1. The molecule has 2 aromatic rings. The summed E-state index contributed by atoms with van der Waals surface area (Å²) in [5.41, 5.74) is 8.73. The molecular formula is C22H30N4O2. The Labute approximate surface area is 166 Å². The zero-order chi connectivity index (χ0) is 21.1. The van der Waals surface area contributed by atoms with E-state index in [4.69, 9.17) is 5.73 Å². The lowest BCUT2D eigenvalue weighted by Gasteiger charge is -2.21. The van der Waals surface area contributed by atoms with Crippen molar-refractivity contribution in [3.8, 4) is 0 Å². The summed E-state index contributed by atoms with van der Waals surface area (Å²) in [5, 5.41) is 5.64. The first-order valence-electron chi connectivity index (χ1n) is 9.33. The maximum Gasteiger partial charge on any atom is 0.272 e. The highest BCUT2D eigenvalue weighted by molar-refractivity contribution is 6.03. The summed E-state index contributed by atoms with van der Waals surface area (Å²) in [6.07, 6.45) is 1.64. The highest BCUT2D eigenvalue weighted by Gasteiger charge is 2.20. The molecule has 0 saturated heterocycles. The van der Waals surface area contributed by atoms with Gasteiger partial charge in [-0.05, 0) is 55.5 Å². The van der Waals surface area contributed by atoms with Gasteiger partial charge < -0.3 is 16.4 Å². The minimum absolute atomic E-state index is 0.0140. The maximum atomic E-state index is 12.5. The molecule has 0 atom stereocenters. The number of rotatable bonds is 4. The van der Waals surface area contributed by atoms with Gasteiger partial charge in [-0.3, -0.25) is 9.59 Å². The van der Waals surface area contributed by atoms with Crippen LogP contribution in [0.2, 0.25) is 0 Å². The van der Waals surface area contributed by atoms with Gasteiger partial charge >= 0.3 is 0 Å². The number of nitrogens with two attached hydrogens (primary N) is 1. The number of carbonyl (C=O) groups excluding carboxylic acids is 2. The molecule has 1 aromatic heterocycles. The number of carbonyl (C=O) groups is 2. The summed E-state index contributed by atoms with van der Waals surface area (Å²) < 4.78 is 0. The van der Waals surface area contributed by atoms with Crippen molar-refractivity contribution >= 4 is 23.2 Å². The van der Waals surface area contributed by atoms with E-state index < -0.39 is 5.54 Å². The summed E-state index contributed by atoms with van der Waals surface area (Å²) in [4.78, 5) is 29.1. The number of aromatic nitrogens is 1. The van der Waals surface area contributed by atoms with Crippen molar-refractivity contribution in [2.45, 2.75) is 58.9 Å². The number of nitrogens with one attached hydrogen (secondary N) is 2. The predicted octanol–water partition coefficient (Wildman–Crippen LogP) is 3.67. The van der Waals surface area contributed by atoms with Crippen LogP contribution < -0.4 is 16.4 Å². The monoisotopic (exact) mass is 382 g/mol. The fourth-order valence-corrected chi connectivity index (χ4v) is 2.68. The molecule has 0 bridgehead atoms. The Morgan fingerprint density at radius 1 is 1.07 bits per heavy atom. The van der Waals surface area contributed by atoms with Gasteiger partial charge in [0.25, 0.3) is 5.91 Å². The second kappa shape index (κ2) is 8.00. The van der Waals surface area contributed by atoms with E-state index in [2.05, 4.69) is 36.4 Å². The molecular weight excluding hydrogens is 352 g/mol. The Bertz CT molecular complexity index is 877. The molecule has 0 radical (unpaired) electrons. The van der Waals surface area contributed by atoms with Crippen molar-refractivity contribution in [3.63, 3.8) is 0 Å². The normalized spacial score (nSPS) is 11.8. The quantitative estimate of drug-likeness (QED) is 0.703. The minimum Gasteiger partial charge on any atom is -0.398 e. The fourth-order valence-electron chi connectivity index (χ4n) is 2.68. The van der Waals surface area contributed by atoms with Crippen LogP contribution in [0.25, 0.3) is 0 Å². The van der Waals surface area contributed by atoms with Gasteiger partial charge in [-0.2, -0.15) is 0 Å². The first-order chi connectivity index (χ1) is 12.9. The number of hydrogen-bond acceptors (Lipinski definition) is 4. The summed E-state index contributed by atoms with van der Waals surface area (Å²) >= 11 is 0. The molecule has 0 saturated carbocycles. The summed E-state index contributed by atoms with van der Waals surface area (Å²) in [7, 11) is 0. The molecule has 28 heavy (non-hydrogen) atoms. The van der Waals surface area contributed by atoms with Crippen LogP contribution in [0.3, 0.4) is 0 Å². The topological polar surface area (TPSA) is 97.1 Å². The molecule has 0 aliphatic carbocycles. The van der Waals surface area contributed by atoms with E-state index in [-0.39, 0.29) is 29.3 Å². The van der Waals surface area contributed by atoms with Gasteiger partial charge in [0, 0.05) is 17.4 Å². The molecule has 6 heteroatoms. The predicted molar refractivity (Wildman–Crippen MR) is 113 cm³/mol. The molecule has 2 rings (SSSR count). The number of nitrogen functional groups attached to an aromatic ring is 1. The van der Waals surface area contributed by atoms with Gasteiger partial charge in [0.05, 0.1) is 12.1 Å². The standard InChI is InChI=1S/C22H30N4O2/c1-21(2,3)15-10-9-14(16(23)13-15)12-18(27)25-17-8-7-11-24-19(17)20(28)26-22(4,5)6/h7-11,13H,12,23H2,1-6H3,(H,25,27)(H,26,28). The van der Waals surface area contributed by atoms with Crippen LogP contribution in [-0.2, 0) is 16.6 Å². The van der Waals surface area contributed by atoms with Crippen molar-refractivity contribution in [3.05, 3.63) is 53.3 Å². The largest absolute Gasteiger partial charge is 0.398 e. The highest BCUT2D eigenvalue weighted by atomic mass is 16.2. The summed E-state index contributed by atoms with van der Waals surface area (Å²) in [6.45, 7) is 12.0. The van der Waals surface area contributed by atoms with Crippen LogP contribution in [0, 0.1) is 0 Å². The SMILES string of the molecule is CC(C)(C)NC(=O)c1ncccc1NC(=O)Cc1ccc(C(C)(C)C)cc1N. The van der Waals surface area contributed by atoms with Gasteiger partial charge in [0.1, 0.15) is 0 Å². The van der Waals surface area contributed by atoms with Crippen molar-refractivity contribution in [1.82, 2.24) is 10.3 Å². The molecule has 0 fully saturated rings. The van der Waals surface area contributed by atoms with Crippen molar-refractivity contribution in [2.75, 3.05) is 11.1 Å². The molecule has 2 amide bonds. The number of amides is 2. The van der Waals surface area contributed by atoms with Crippen LogP contribution in [-0.4, -0.2) is 22.3 Å². The van der Waals surface area contributed by atoms with Gasteiger partial charge in [0.15, 0.2) is 5.69 Å². The zero-order valence-corrected chi connectivity index (χ0v) is 17.5. The van der Waals surface area contributed by atoms with E-state index in [0.717, 1.165) is 11.1 Å². The van der Waals surface area contributed by atoms with Crippen molar-refractivity contribution < 1.29 is 9.59 Å². The third-order valence-electron chi connectivity index (χ3n) is 4.15. The average Bonchev–Trinajstić information content (AvgIpc) is 2.54. The first kappa shape index (κ1) is 21.4. The molecule has 6 nitrogen and oxygen atoms in total. The molecule has 150 valence electrons. The number of hydrogen-bond donors (Lipinski definition) is 3. The lowest BCUT2D eigenvalue weighted by molar-refractivity contribution is -0.115. The second-order valence-corrected chi connectivity index (χ2v) is 8.99. The van der Waals surface area contributed by atoms with E-state index in [1.807, 2.05) is 39.0 Å². The summed E-state index contributed by atoms with van der Waals surface area (Å²) in [6, 6.07) is 9.12. The molecule has 0 unspecified atom stereocenters. The van der Waals surface area contributed by atoms with Crippen molar-refractivity contribution in [1.29, 1.82) is 0 Å². The number of anilines is 2. The highest BCUT2D eigenvalue weighted by Crippen LogP contribution is 2.26. The second-order valence-electron chi connectivity index (χ2n) is 8.99. The molecule has 1 aromatic carbocycles. The van der Waals surface area contributed by atoms with Crippen LogP contribution in [0.1, 0.15) is 63.2 Å². The molecule has 0 aliphatic rings. The Hall–Kier alpha value is -2.89. The van der Waals surface area contributed by atoms with Crippen LogP contribution in [0.15, 0.2) is 36.5 Å². The van der Waals surface area contributed by atoms with E-state index in [0.29, 0.717) is 11.4 Å². The fraction of sp³-hybridized carbons (Fsp3) is 0.409. The van der Waals surface area contributed by atoms with Gasteiger partial charge in [0.2, 0.25) is 5.91 Å². The van der Waals surface area contributed by atoms with E-state index in [1.54, 1.807) is 12.1 Å². The van der Waals surface area contributed by atoms with Crippen LogP contribution in [0.4, 0.5) is 11.4 Å². The smallest absolute Gasteiger partial charge is 0.272 e. The molecule has 0 aliphatic heterocycles. The Balaban J connectivity index is 2.15. The third kappa shape index (κ3) is 5.81. The molecule has 4 N–H and O–H groups in total. The minimum atomic E-state index is -0.404. The van der Waals surface area contributed by atoms with Gasteiger partial charge in [-0.15, -0.1) is 0 Å². The Kier molecular flexibility index (Phi) is 6.12. The summed E-state index contributed by atoms with van der Waals surface area (Å²) in [5.74, 6) is -0.592. The number of benzene rings is 1. The van der Waals surface area contributed by atoms with Crippen LogP contribution >= 0.6 is 0 Å². The van der Waals surface area contributed by atoms with Crippen LogP contribution in [0.5, 0.6) is 0 Å². The lowest BCUT2D eigenvalue weighted by atomic mass is 9.86. The Morgan fingerprint density at radius 3 is 2.32 bits per heavy atom. The molecule has 0 spiro atoms.